The van der Waals surface area contributed by atoms with Gasteiger partial charge < -0.3 is 4.90 Å². The first kappa shape index (κ1) is 26.9. The van der Waals surface area contributed by atoms with E-state index in [2.05, 4.69) is 53.4 Å². The Bertz CT molecular complexity index is 1470. The van der Waals surface area contributed by atoms with Crippen LogP contribution < -0.4 is 4.31 Å². The number of hydrogen-bond acceptors (Lipinski definition) is 4. The van der Waals surface area contributed by atoms with Crippen LogP contribution in [0.4, 0.5) is 5.69 Å². The van der Waals surface area contributed by atoms with E-state index in [0.29, 0.717) is 29.4 Å². The van der Waals surface area contributed by atoms with Crippen LogP contribution in [0.5, 0.6) is 0 Å². The van der Waals surface area contributed by atoms with Gasteiger partial charge in [0.05, 0.1) is 16.6 Å². The van der Waals surface area contributed by atoms with Gasteiger partial charge in [0.15, 0.2) is 0 Å². The van der Waals surface area contributed by atoms with E-state index >= 15 is 0 Å². The van der Waals surface area contributed by atoms with Gasteiger partial charge in [-0.25, -0.2) is 8.42 Å². The molecule has 8 heteroatoms. The van der Waals surface area contributed by atoms with Crippen molar-refractivity contribution in [3.05, 3.63) is 131 Å². The van der Waals surface area contributed by atoms with Gasteiger partial charge in [0.25, 0.3) is 15.9 Å². The van der Waals surface area contributed by atoms with Crippen LogP contribution in [0.2, 0.25) is 5.02 Å². The average molecular weight is 560 g/mol. The molecule has 4 aromatic carbocycles. The second-order valence-electron chi connectivity index (χ2n) is 9.53. The minimum atomic E-state index is -3.75. The summed E-state index contributed by atoms with van der Waals surface area (Å²) in [6.07, 6.45) is 0. The Balaban J connectivity index is 1.26. The van der Waals surface area contributed by atoms with Gasteiger partial charge in [-0.15, -0.1) is 0 Å². The predicted molar refractivity (Wildman–Crippen MR) is 156 cm³/mol. The molecule has 1 aliphatic rings. The molecular weight excluding hydrogens is 530 g/mol. The van der Waals surface area contributed by atoms with Gasteiger partial charge in [0.2, 0.25) is 0 Å². The molecule has 39 heavy (non-hydrogen) atoms. The second-order valence-corrected chi connectivity index (χ2v) is 11.9. The van der Waals surface area contributed by atoms with Crippen molar-refractivity contribution < 1.29 is 13.2 Å². The molecule has 1 saturated heterocycles. The zero-order valence-corrected chi connectivity index (χ0v) is 23.2. The van der Waals surface area contributed by atoms with Gasteiger partial charge in [-0.3, -0.25) is 14.0 Å². The normalized spacial score (nSPS) is 14.4. The summed E-state index contributed by atoms with van der Waals surface area (Å²) in [7, 11) is -2.25. The molecule has 4 aromatic rings. The number of carbonyl (C=O) groups is 1. The van der Waals surface area contributed by atoms with Gasteiger partial charge >= 0.3 is 0 Å². The van der Waals surface area contributed by atoms with Crippen LogP contribution in [0.3, 0.4) is 0 Å². The van der Waals surface area contributed by atoms with Crippen molar-refractivity contribution in [2.75, 3.05) is 37.5 Å². The highest BCUT2D eigenvalue weighted by Crippen LogP contribution is 2.30. The highest BCUT2D eigenvalue weighted by atomic mass is 35.5. The summed E-state index contributed by atoms with van der Waals surface area (Å²) in [5.41, 5.74) is 3.47. The number of anilines is 1. The van der Waals surface area contributed by atoms with E-state index in [4.69, 9.17) is 11.6 Å². The number of halogens is 1. The zero-order valence-electron chi connectivity index (χ0n) is 21.7. The molecule has 0 N–H and O–H groups in total. The number of hydrogen-bond donors (Lipinski definition) is 0. The highest BCUT2D eigenvalue weighted by molar-refractivity contribution is 7.92. The largest absolute Gasteiger partial charge is 0.336 e. The minimum Gasteiger partial charge on any atom is -0.336 e. The molecular formula is C31H30ClN3O3S. The lowest BCUT2D eigenvalue weighted by Gasteiger charge is -2.39. The first-order chi connectivity index (χ1) is 18.8. The predicted octanol–water partition coefficient (Wildman–Crippen LogP) is 5.71. The number of rotatable bonds is 7. The van der Waals surface area contributed by atoms with Crippen LogP contribution in [0.25, 0.3) is 0 Å². The van der Waals surface area contributed by atoms with Crippen LogP contribution >= 0.6 is 11.6 Å². The Morgan fingerprint density at radius 2 is 1.26 bits per heavy atom. The third-order valence-corrected chi connectivity index (χ3v) is 9.20. The van der Waals surface area contributed by atoms with E-state index < -0.39 is 10.0 Å². The molecule has 0 saturated carbocycles. The van der Waals surface area contributed by atoms with Gasteiger partial charge in [0.1, 0.15) is 0 Å². The van der Waals surface area contributed by atoms with Crippen molar-refractivity contribution in [2.45, 2.75) is 10.9 Å². The summed E-state index contributed by atoms with van der Waals surface area (Å²) in [5, 5.41) is 0.468. The molecule has 0 spiro atoms. The molecule has 200 valence electrons. The van der Waals surface area contributed by atoms with E-state index in [1.165, 1.54) is 34.6 Å². The fraction of sp³-hybridized carbons (Fsp3) is 0.194. The van der Waals surface area contributed by atoms with Gasteiger partial charge in [-0.05, 0) is 59.7 Å². The SMILES string of the molecule is CN(c1ccc(C(=O)N2CCN(C(c3ccccc3)c3ccccc3)CC2)cc1)S(=O)(=O)c1ccc(Cl)cc1. The van der Waals surface area contributed by atoms with Crippen molar-refractivity contribution in [1.29, 1.82) is 0 Å². The van der Waals surface area contributed by atoms with Crippen molar-refractivity contribution in [3.63, 3.8) is 0 Å². The quantitative estimate of drug-likeness (QED) is 0.291. The average Bonchev–Trinajstić information content (AvgIpc) is 2.98. The van der Waals surface area contributed by atoms with Crippen LogP contribution in [-0.2, 0) is 10.0 Å². The Kier molecular flexibility index (Phi) is 8.02. The molecule has 0 aromatic heterocycles. The number of amides is 1. The lowest BCUT2D eigenvalue weighted by atomic mass is 9.96. The van der Waals surface area contributed by atoms with Crippen molar-refractivity contribution in [3.8, 4) is 0 Å². The molecule has 0 atom stereocenters. The molecule has 0 bridgehead atoms. The third kappa shape index (κ3) is 5.86. The van der Waals surface area contributed by atoms with Gasteiger partial charge in [-0.2, -0.15) is 0 Å². The van der Waals surface area contributed by atoms with Gasteiger partial charge in [-0.1, -0.05) is 72.3 Å². The summed E-state index contributed by atoms with van der Waals surface area (Å²) in [5.74, 6) is -0.0552. The molecule has 1 heterocycles. The first-order valence-corrected chi connectivity index (χ1v) is 14.6. The van der Waals surface area contributed by atoms with Crippen LogP contribution in [0.1, 0.15) is 27.5 Å². The van der Waals surface area contributed by atoms with E-state index in [0.717, 1.165) is 13.1 Å². The number of nitrogens with zero attached hydrogens (tertiary/aromatic N) is 3. The number of sulfonamides is 1. The fourth-order valence-corrected chi connectivity index (χ4v) is 6.29. The number of piperazine rings is 1. The lowest BCUT2D eigenvalue weighted by Crippen LogP contribution is -2.49. The number of carbonyl (C=O) groups excluding carboxylic acids is 1. The Morgan fingerprint density at radius 1 is 0.744 bits per heavy atom. The first-order valence-electron chi connectivity index (χ1n) is 12.8. The maximum absolute atomic E-state index is 13.3. The van der Waals surface area contributed by atoms with E-state index in [1.54, 1.807) is 36.4 Å². The van der Waals surface area contributed by atoms with E-state index in [9.17, 15) is 13.2 Å². The topological polar surface area (TPSA) is 60.9 Å². The second kappa shape index (κ2) is 11.6. The fourth-order valence-electron chi connectivity index (χ4n) is 4.97. The van der Waals surface area contributed by atoms with Gasteiger partial charge in [0, 0.05) is 43.8 Å². The van der Waals surface area contributed by atoms with Crippen LogP contribution in [-0.4, -0.2) is 57.4 Å². The lowest BCUT2D eigenvalue weighted by molar-refractivity contribution is 0.0597. The van der Waals surface area contributed by atoms with E-state index in [-0.39, 0.29) is 16.8 Å². The standard InChI is InChI=1S/C31H30ClN3O3S/c1-33(39(37,38)29-18-14-27(32)15-19-29)28-16-12-26(13-17-28)31(36)35-22-20-34(21-23-35)30(24-8-4-2-5-9-24)25-10-6-3-7-11-25/h2-19,30H,20-23H2,1H3. The molecule has 1 fully saturated rings. The summed E-state index contributed by atoms with van der Waals surface area (Å²) < 4.78 is 27.2. The maximum atomic E-state index is 13.3. The smallest absolute Gasteiger partial charge is 0.264 e. The highest BCUT2D eigenvalue weighted by Gasteiger charge is 2.29. The molecule has 6 nitrogen and oxygen atoms in total. The summed E-state index contributed by atoms with van der Waals surface area (Å²) in [6.45, 7) is 2.73. The van der Waals surface area contributed by atoms with Crippen molar-refractivity contribution in [2.24, 2.45) is 0 Å². The Hall–Kier alpha value is -3.65. The molecule has 0 aliphatic carbocycles. The zero-order chi connectivity index (χ0) is 27.4. The third-order valence-electron chi connectivity index (χ3n) is 7.15. The van der Waals surface area contributed by atoms with Crippen molar-refractivity contribution in [1.82, 2.24) is 9.80 Å². The number of benzene rings is 4. The summed E-state index contributed by atoms with van der Waals surface area (Å²) in [4.78, 5) is 17.8. The minimum absolute atomic E-state index is 0.0552. The van der Waals surface area contributed by atoms with Crippen LogP contribution in [0, 0.1) is 0 Å². The molecule has 1 amide bonds. The molecule has 0 radical (unpaired) electrons. The Morgan fingerprint density at radius 3 is 1.77 bits per heavy atom. The van der Waals surface area contributed by atoms with E-state index in [1.807, 2.05) is 17.0 Å². The van der Waals surface area contributed by atoms with Crippen molar-refractivity contribution >= 4 is 33.2 Å². The summed E-state index contributed by atoms with van der Waals surface area (Å²) in [6, 6.07) is 33.8. The summed E-state index contributed by atoms with van der Waals surface area (Å²) >= 11 is 5.90. The maximum Gasteiger partial charge on any atom is 0.264 e. The monoisotopic (exact) mass is 559 g/mol. The molecule has 5 rings (SSSR count). The Labute approximate surface area is 235 Å². The van der Waals surface area contributed by atoms with Crippen LogP contribution in [0.15, 0.2) is 114 Å². The molecule has 1 aliphatic heterocycles. The molecule has 0 unspecified atom stereocenters.